The number of carboxylic acid groups (broad SMARTS) is 1. The van der Waals surface area contributed by atoms with Crippen LogP contribution in [0.3, 0.4) is 0 Å². The fourth-order valence-electron chi connectivity index (χ4n) is 7.62. The summed E-state index contributed by atoms with van der Waals surface area (Å²) in [7, 11) is -8.12. The van der Waals surface area contributed by atoms with Crippen LogP contribution in [0, 0.1) is 0 Å². The number of para-hydroxylation sites is 2. The summed E-state index contributed by atoms with van der Waals surface area (Å²) in [6.45, 7) is 10.0. The largest absolute Gasteiger partial charge is 0.481 e. The molecule has 2 aliphatic heterocycles. The molecule has 0 fully saturated rings. The third-order valence-corrected chi connectivity index (χ3v) is 12.2. The van der Waals surface area contributed by atoms with E-state index in [9.17, 15) is 35.5 Å². The predicted molar refractivity (Wildman–Crippen MR) is 226 cm³/mol. The Bertz CT molecular complexity index is 2150. The van der Waals surface area contributed by atoms with Crippen molar-refractivity contribution in [1.29, 1.82) is 0 Å². The normalized spacial score (nSPS) is 17.2. The Morgan fingerprint density at radius 3 is 2.09 bits per heavy atom. The van der Waals surface area contributed by atoms with E-state index < -0.39 is 26.2 Å². The molecule has 2 aromatic rings. The number of rotatable bonds is 22. The van der Waals surface area contributed by atoms with Gasteiger partial charge in [-0.05, 0) is 75.8 Å². The second-order valence-electron chi connectivity index (χ2n) is 15.7. The Balaban J connectivity index is 1.64. The Kier molecular flexibility index (Phi) is 15.8. The number of nitrogens with zero attached hydrogens (tertiary/aromatic N) is 2. The number of fused-ring (bicyclic) bond motifs is 2. The standard InChI is InChI=1S/C43H57N3O9S2/c1-42(2)34-21-8-10-23-36(34)45(29-13-15-31-56(50,51)52)38(42)25-17-19-33(41(49)44-28-12-6-5-7-27-40(47)48)20-18-26-39-43(3,4)35-22-9-11-24-37(35)46(39)30-14-16-32-57(53,54)55/h8-11,17-26H,5-7,12-16,27-32H2,1-4H3,(H3-,44,47,48,49,50,51,52,53,54,55)/p+1. The highest BCUT2D eigenvalue weighted by atomic mass is 32.2. The van der Waals surface area contributed by atoms with Crippen molar-refractivity contribution in [2.24, 2.45) is 0 Å². The van der Waals surface area contributed by atoms with Gasteiger partial charge in [0.05, 0.1) is 16.9 Å². The number of allylic oxidation sites excluding steroid dienone is 6. The van der Waals surface area contributed by atoms with E-state index in [1.165, 1.54) is 0 Å². The molecule has 0 aliphatic carbocycles. The molecule has 0 bridgehead atoms. The van der Waals surface area contributed by atoms with Crippen molar-refractivity contribution in [3.63, 3.8) is 0 Å². The van der Waals surface area contributed by atoms with Gasteiger partial charge in [0.1, 0.15) is 6.54 Å². The fourth-order valence-corrected chi connectivity index (χ4v) is 8.76. The second-order valence-corrected chi connectivity index (χ2v) is 18.8. The van der Waals surface area contributed by atoms with Crippen molar-refractivity contribution < 1.29 is 45.2 Å². The number of unbranched alkanes of at least 4 members (excludes halogenated alkanes) is 5. The zero-order chi connectivity index (χ0) is 41.9. The highest BCUT2D eigenvalue weighted by Gasteiger charge is 2.44. The van der Waals surface area contributed by atoms with Crippen molar-refractivity contribution >= 4 is 49.2 Å². The van der Waals surface area contributed by atoms with Gasteiger partial charge in [-0.1, -0.05) is 75.2 Å². The number of benzene rings is 2. The molecule has 4 N–H and O–H groups in total. The molecule has 12 nitrogen and oxygen atoms in total. The average molecular weight is 825 g/mol. The minimum atomic E-state index is -4.06. The maximum absolute atomic E-state index is 13.7. The number of anilines is 1. The summed E-state index contributed by atoms with van der Waals surface area (Å²) in [6.07, 6.45) is 15.9. The van der Waals surface area contributed by atoms with Gasteiger partial charge in [0.2, 0.25) is 5.69 Å². The third kappa shape index (κ3) is 12.8. The van der Waals surface area contributed by atoms with Crippen LogP contribution in [0.25, 0.3) is 0 Å². The van der Waals surface area contributed by atoms with Crippen molar-refractivity contribution in [3.05, 3.63) is 107 Å². The lowest BCUT2D eigenvalue weighted by molar-refractivity contribution is -0.438. The first-order chi connectivity index (χ1) is 26.8. The van der Waals surface area contributed by atoms with Gasteiger partial charge in [0.15, 0.2) is 5.71 Å². The fraction of sp³-hybridized carbons (Fsp3) is 0.465. The molecule has 0 saturated heterocycles. The quantitative estimate of drug-likeness (QED) is 0.0310. The first kappa shape index (κ1) is 45.3. The van der Waals surface area contributed by atoms with E-state index in [0.29, 0.717) is 63.7 Å². The summed E-state index contributed by atoms with van der Waals surface area (Å²) in [6, 6.07) is 16.1. The summed E-state index contributed by atoms with van der Waals surface area (Å²) >= 11 is 0. The lowest BCUT2D eigenvalue weighted by atomic mass is 9.81. The highest BCUT2D eigenvalue weighted by Crippen LogP contribution is 2.47. The van der Waals surface area contributed by atoms with Gasteiger partial charge in [0, 0.05) is 66.0 Å². The number of hydrogen-bond donors (Lipinski definition) is 4. The average Bonchev–Trinajstić information content (AvgIpc) is 3.48. The molecule has 0 saturated carbocycles. The second kappa shape index (κ2) is 19.9. The third-order valence-electron chi connectivity index (χ3n) is 10.6. The van der Waals surface area contributed by atoms with E-state index in [-0.39, 0.29) is 34.7 Å². The van der Waals surface area contributed by atoms with Crippen LogP contribution >= 0.6 is 0 Å². The van der Waals surface area contributed by atoms with E-state index in [1.807, 2.05) is 60.7 Å². The molecule has 57 heavy (non-hydrogen) atoms. The van der Waals surface area contributed by atoms with Gasteiger partial charge in [0.25, 0.3) is 26.1 Å². The van der Waals surface area contributed by atoms with Gasteiger partial charge >= 0.3 is 5.97 Å². The first-order valence-electron chi connectivity index (χ1n) is 19.6. The molecule has 0 unspecified atom stereocenters. The van der Waals surface area contributed by atoms with E-state index in [0.717, 1.165) is 46.8 Å². The van der Waals surface area contributed by atoms with Crippen molar-refractivity contribution in [2.75, 3.05) is 36.0 Å². The van der Waals surface area contributed by atoms with Crippen LogP contribution in [-0.4, -0.2) is 84.4 Å². The van der Waals surface area contributed by atoms with E-state index in [1.54, 1.807) is 12.2 Å². The molecule has 14 heteroatoms. The van der Waals surface area contributed by atoms with Crippen LogP contribution in [0.5, 0.6) is 0 Å². The molecule has 0 aromatic heterocycles. The molecule has 2 aromatic carbocycles. The lowest BCUT2D eigenvalue weighted by Gasteiger charge is -2.27. The SMILES string of the molecule is CC1(C)C(/C=C/C=C(/C=C/C=C2/N(CCCCS(=O)(=O)O)c3ccccc3C2(C)C)C(=O)NCCCCCCC(=O)O)=[N+](CCCCS(=O)(=O)O)c2ccccc21. The van der Waals surface area contributed by atoms with Crippen molar-refractivity contribution in [2.45, 2.75) is 96.3 Å². The zero-order valence-corrected chi connectivity index (χ0v) is 35.1. The molecular weight excluding hydrogens is 767 g/mol. The van der Waals surface area contributed by atoms with Crippen molar-refractivity contribution in [3.8, 4) is 0 Å². The number of amides is 1. The topological polar surface area (TPSA) is 181 Å². The monoisotopic (exact) mass is 824 g/mol. The summed E-state index contributed by atoms with van der Waals surface area (Å²) in [5.41, 5.74) is 5.89. The smallest absolute Gasteiger partial charge is 0.303 e. The van der Waals surface area contributed by atoms with Crippen molar-refractivity contribution in [1.82, 2.24) is 5.32 Å². The predicted octanol–water partition coefficient (Wildman–Crippen LogP) is 7.27. The number of hydrogen-bond acceptors (Lipinski definition) is 7. The molecule has 0 atom stereocenters. The van der Waals surface area contributed by atoms with Gasteiger partial charge in [-0.2, -0.15) is 21.4 Å². The number of carbonyl (C=O) groups excluding carboxylic acids is 1. The molecular formula is C43H58N3O9S2+. The van der Waals surface area contributed by atoms with Gasteiger partial charge in [-0.15, -0.1) is 0 Å². The van der Waals surface area contributed by atoms with Crippen LogP contribution in [0.1, 0.15) is 96.6 Å². The number of nitrogens with one attached hydrogen (secondary N) is 1. The molecule has 4 rings (SSSR count). The van der Waals surface area contributed by atoms with E-state index >= 15 is 0 Å². The molecule has 0 radical (unpaired) electrons. The lowest BCUT2D eigenvalue weighted by Crippen LogP contribution is -2.28. The zero-order valence-electron chi connectivity index (χ0n) is 33.5. The molecule has 2 heterocycles. The number of carboxylic acids is 1. The number of carbonyl (C=O) groups is 2. The minimum Gasteiger partial charge on any atom is -0.481 e. The Hall–Kier alpha value is -4.37. The Morgan fingerprint density at radius 1 is 0.772 bits per heavy atom. The summed E-state index contributed by atoms with van der Waals surface area (Å²) in [5.74, 6) is -1.70. The molecule has 1 amide bonds. The van der Waals surface area contributed by atoms with Crippen LogP contribution in [0.4, 0.5) is 11.4 Å². The van der Waals surface area contributed by atoms with E-state index in [2.05, 4.69) is 54.6 Å². The highest BCUT2D eigenvalue weighted by molar-refractivity contribution is 7.86. The van der Waals surface area contributed by atoms with Gasteiger partial charge < -0.3 is 15.3 Å². The van der Waals surface area contributed by atoms with Crippen LogP contribution in [0.2, 0.25) is 0 Å². The first-order valence-corrected chi connectivity index (χ1v) is 22.8. The number of aliphatic carboxylic acids is 1. The van der Waals surface area contributed by atoms with Crippen LogP contribution in [0.15, 0.2) is 96.3 Å². The van der Waals surface area contributed by atoms with Gasteiger partial charge in [-0.3, -0.25) is 18.7 Å². The molecule has 0 spiro atoms. The maximum Gasteiger partial charge on any atom is 0.303 e. The van der Waals surface area contributed by atoms with Crippen LogP contribution < -0.4 is 10.2 Å². The molecule has 2 aliphatic rings. The summed E-state index contributed by atoms with van der Waals surface area (Å²) < 4.78 is 66.1. The van der Waals surface area contributed by atoms with E-state index in [4.69, 9.17) is 5.11 Å². The Morgan fingerprint density at radius 2 is 1.40 bits per heavy atom. The minimum absolute atomic E-state index is 0.124. The van der Waals surface area contributed by atoms with Gasteiger partial charge in [-0.25, -0.2) is 0 Å². The molecule has 310 valence electrons. The summed E-state index contributed by atoms with van der Waals surface area (Å²) in [4.78, 5) is 26.7. The summed E-state index contributed by atoms with van der Waals surface area (Å²) in [5, 5.41) is 11.9. The maximum atomic E-state index is 13.7. The van der Waals surface area contributed by atoms with Crippen LogP contribution in [-0.2, 0) is 40.7 Å². The Labute approximate surface area is 338 Å².